The van der Waals surface area contributed by atoms with Gasteiger partial charge < -0.3 is 10.6 Å². The highest BCUT2D eigenvalue weighted by atomic mass is 32.1. The molecule has 1 aliphatic rings. The molecule has 0 aromatic carbocycles. The first-order valence-electron chi connectivity index (χ1n) is 5.41. The molecule has 0 radical (unpaired) electrons. The largest absolute Gasteiger partial charge is 0.351 e. The van der Waals surface area contributed by atoms with Crippen LogP contribution in [0.3, 0.4) is 0 Å². The molecule has 0 spiro atoms. The molecular weight excluding hydrogens is 208 g/mol. The zero-order chi connectivity index (χ0) is 10.5. The minimum absolute atomic E-state index is 0.0522. The van der Waals surface area contributed by atoms with Gasteiger partial charge in [-0.25, -0.2) is 0 Å². The highest BCUT2D eigenvalue weighted by Crippen LogP contribution is 2.18. The molecule has 1 heterocycles. The standard InChI is InChI=1S/C11H16N2OS/c14-11(10-3-1-8-15-10)13-7-2-6-12-9-4-5-9/h1,3,8-9,12H,2,4-7H2,(H,13,14). The lowest BCUT2D eigenvalue weighted by molar-refractivity contribution is 0.0957. The first kappa shape index (κ1) is 10.6. The molecule has 4 heteroatoms. The van der Waals surface area contributed by atoms with E-state index in [0.717, 1.165) is 30.4 Å². The van der Waals surface area contributed by atoms with Crippen LogP contribution in [0.5, 0.6) is 0 Å². The summed E-state index contributed by atoms with van der Waals surface area (Å²) in [5, 5.41) is 8.25. The van der Waals surface area contributed by atoms with Crippen molar-refractivity contribution in [1.29, 1.82) is 0 Å². The minimum Gasteiger partial charge on any atom is -0.351 e. The Morgan fingerprint density at radius 1 is 1.47 bits per heavy atom. The van der Waals surface area contributed by atoms with Crippen LogP contribution in [0.15, 0.2) is 17.5 Å². The summed E-state index contributed by atoms with van der Waals surface area (Å²) < 4.78 is 0. The number of rotatable bonds is 6. The molecule has 0 bridgehead atoms. The number of carbonyl (C=O) groups is 1. The lowest BCUT2D eigenvalue weighted by atomic mass is 10.4. The molecule has 1 saturated carbocycles. The summed E-state index contributed by atoms with van der Waals surface area (Å²) >= 11 is 1.48. The fraction of sp³-hybridized carbons (Fsp3) is 0.545. The Morgan fingerprint density at radius 2 is 2.33 bits per heavy atom. The summed E-state index contributed by atoms with van der Waals surface area (Å²) in [6, 6.07) is 4.51. The van der Waals surface area contributed by atoms with Crippen LogP contribution in [-0.2, 0) is 0 Å². The van der Waals surface area contributed by atoms with Crippen molar-refractivity contribution in [2.24, 2.45) is 0 Å². The molecule has 1 aromatic rings. The fourth-order valence-corrected chi connectivity index (χ4v) is 2.02. The third-order valence-corrected chi connectivity index (χ3v) is 3.26. The number of amides is 1. The molecule has 2 rings (SSSR count). The van der Waals surface area contributed by atoms with Crippen molar-refractivity contribution in [3.05, 3.63) is 22.4 Å². The van der Waals surface area contributed by atoms with Gasteiger partial charge >= 0.3 is 0 Å². The third-order valence-electron chi connectivity index (χ3n) is 2.39. The van der Waals surface area contributed by atoms with Crippen LogP contribution in [0.4, 0.5) is 0 Å². The first-order valence-corrected chi connectivity index (χ1v) is 6.29. The van der Waals surface area contributed by atoms with Crippen LogP contribution in [0.25, 0.3) is 0 Å². The Kier molecular flexibility index (Phi) is 3.75. The zero-order valence-corrected chi connectivity index (χ0v) is 9.48. The lowest BCUT2D eigenvalue weighted by Gasteiger charge is -2.04. The molecular formula is C11H16N2OS. The topological polar surface area (TPSA) is 41.1 Å². The smallest absolute Gasteiger partial charge is 0.261 e. The fourth-order valence-electron chi connectivity index (χ4n) is 1.38. The number of carbonyl (C=O) groups excluding carboxylic acids is 1. The molecule has 1 amide bonds. The van der Waals surface area contributed by atoms with Gasteiger partial charge in [0.2, 0.25) is 0 Å². The van der Waals surface area contributed by atoms with Crippen LogP contribution in [-0.4, -0.2) is 25.0 Å². The van der Waals surface area contributed by atoms with Gasteiger partial charge in [0.25, 0.3) is 5.91 Å². The molecule has 2 N–H and O–H groups in total. The zero-order valence-electron chi connectivity index (χ0n) is 8.66. The SMILES string of the molecule is O=C(NCCCNC1CC1)c1cccs1. The molecule has 15 heavy (non-hydrogen) atoms. The van der Waals surface area contributed by atoms with E-state index < -0.39 is 0 Å². The minimum atomic E-state index is 0.0522. The van der Waals surface area contributed by atoms with Crippen molar-refractivity contribution >= 4 is 17.2 Å². The molecule has 1 fully saturated rings. The molecule has 0 atom stereocenters. The van der Waals surface area contributed by atoms with Crippen molar-refractivity contribution in [2.75, 3.05) is 13.1 Å². The molecule has 3 nitrogen and oxygen atoms in total. The Hall–Kier alpha value is -0.870. The van der Waals surface area contributed by atoms with Crippen LogP contribution >= 0.6 is 11.3 Å². The van der Waals surface area contributed by atoms with Gasteiger partial charge in [-0.15, -0.1) is 11.3 Å². The third kappa shape index (κ3) is 3.64. The maximum absolute atomic E-state index is 11.5. The van der Waals surface area contributed by atoms with Crippen molar-refractivity contribution in [3.63, 3.8) is 0 Å². The van der Waals surface area contributed by atoms with Gasteiger partial charge in [-0.3, -0.25) is 4.79 Å². The Morgan fingerprint density at radius 3 is 3.00 bits per heavy atom. The van der Waals surface area contributed by atoms with Crippen molar-refractivity contribution in [3.8, 4) is 0 Å². The Labute approximate surface area is 93.9 Å². The highest BCUT2D eigenvalue weighted by Gasteiger charge is 2.19. The Balaban J connectivity index is 1.55. The second kappa shape index (κ2) is 5.28. The quantitative estimate of drug-likeness (QED) is 0.721. The average Bonchev–Trinajstić information content (AvgIpc) is 2.90. The average molecular weight is 224 g/mol. The van der Waals surface area contributed by atoms with Gasteiger partial charge in [0.15, 0.2) is 0 Å². The van der Waals surface area contributed by atoms with E-state index >= 15 is 0 Å². The molecule has 1 aliphatic carbocycles. The predicted octanol–water partition coefficient (Wildman–Crippen LogP) is 1.62. The number of nitrogens with one attached hydrogen (secondary N) is 2. The summed E-state index contributed by atoms with van der Waals surface area (Å²) in [4.78, 5) is 12.3. The number of hydrogen-bond donors (Lipinski definition) is 2. The molecule has 0 aliphatic heterocycles. The van der Waals surface area contributed by atoms with E-state index in [9.17, 15) is 4.79 Å². The number of thiophene rings is 1. The highest BCUT2D eigenvalue weighted by molar-refractivity contribution is 7.12. The monoisotopic (exact) mass is 224 g/mol. The van der Waals surface area contributed by atoms with Gasteiger partial charge in [0.1, 0.15) is 0 Å². The van der Waals surface area contributed by atoms with E-state index in [1.54, 1.807) is 0 Å². The lowest BCUT2D eigenvalue weighted by Crippen LogP contribution is -2.27. The van der Waals surface area contributed by atoms with Crippen molar-refractivity contribution in [2.45, 2.75) is 25.3 Å². The van der Waals surface area contributed by atoms with E-state index in [-0.39, 0.29) is 5.91 Å². The van der Waals surface area contributed by atoms with Gasteiger partial charge in [-0.2, -0.15) is 0 Å². The van der Waals surface area contributed by atoms with E-state index in [0.29, 0.717) is 0 Å². The van der Waals surface area contributed by atoms with Crippen LogP contribution in [0, 0.1) is 0 Å². The van der Waals surface area contributed by atoms with Crippen molar-refractivity contribution < 1.29 is 4.79 Å². The molecule has 0 saturated heterocycles. The maximum atomic E-state index is 11.5. The van der Waals surface area contributed by atoms with Crippen molar-refractivity contribution in [1.82, 2.24) is 10.6 Å². The normalized spacial score (nSPS) is 15.2. The van der Waals surface area contributed by atoms with Gasteiger partial charge in [0, 0.05) is 12.6 Å². The van der Waals surface area contributed by atoms with E-state index in [2.05, 4.69) is 10.6 Å². The summed E-state index contributed by atoms with van der Waals surface area (Å²) in [5.74, 6) is 0.0522. The second-order valence-corrected chi connectivity index (χ2v) is 4.76. The molecule has 0 unspecified atom stereocenters. The molecule has 1 aromatic heterocycles. The summed E-state index contributed by atoms with van der Waals surface area (Å²) in [7, 11) is 0. The van der Waals surface area contributed by atoms with E-state index in [4.69, 9.17) is 0 Å². The van der Waals surface area contributed by atoms with Crippen LogP contribution in [0.2, 0.25) is 0 Å². The Bertz CT molecular complexity index is 306. The molecule has 82 valence electrons. The van der Waals surface area contributed by atoms with Crippen LogP contribution in [0.1, 0.15) is 28.9 Å². The maximum Gasteiger partial charge on any atom is 0.261 e. The van der Waals surface area contributed by atoms with Crippen LogP contribution < -0.4 is 10.6 Å². The predicted molar refractivity (Wildman–Crippen MR) is 62.3 cm³/mol. The van der Waals surface area contributed by atoms with E-state index in [1.807, 2.05) is 17.5 Å². The van der Waals surface area contributed by atoms with Gasteiger partial charge in [-0.1, -0.05) is 6.07 Å². The summed E-state index contributed by atoms with van der Waals surface area (Å²) in [5.41, 5.74) is 0. The van der Waals surface area contributed by atoms with Gasteiger partial charge in [-0.05, 0) is 37.3 Å². The number of hydrogen-bond acceptors (Lipinski definition) is 3. The summed E-state index contributed by atoms with van der Waals surface area (Å²) in [6.07, 6.45) is 3.65. The summed E-state index contributed by atoms with van der Waals surface area (Å²) in [6.45, 7) is 1.77. The second-order valence-electron chi connectivity index (χ2n) is 3.82. The van der Waals surface area contributed by atoms with Gasteiger partial charge in [0.05, 0.1) is 4.88 Å². The first-order chi connectivity index (χ1) is 7.36. The van der Waals surface area contributed by atoms with E-state index in [1.165, 1.54) is 24.2 Å².